The molecule has 8 heteroatoms. The number of hydrogen-bond acceptors (Lipinski definition) is 5. The molecule has 0 atom stereocenters. The van der Waals surface area contributed by atoms with Gasteiger partial charge in [-0.25, -0.2) is 4.79 Å². The maximum Gasteiger partial charge on any atom is 0.333 e. The van der Waals surface area contributed by atoms with E-state index in [9.17, 15) is 19.2 Å². The number of ether oxygens (including phenoxy) is 1. The third kappa shape index (κ3) is 4.05. The van der Waals surface area contributed by atoms with E-state index < -0.39 is 17.8 Å². The fourth-order valence-electron chi connectivity index (χ4n) is 3.18. The highest BCUT2D eigenvalue weighted by molar-refractivity contribution is 6.30. The Morgan fingerprint density at radius 3 is 2.11 bits per heavy atom. The maximum atomic E-state index is 12.2. The Morgan fingerprint density at radius 2 is 1.54 bits per heavy atom. The number of likely N-dealkylation sites (N-methyl/N-ethyl adjacent to an activating group) is 2. The number of amides is 5. The van der Waals surface area contributed by atoms with E-state index in [1.165, 1.54) is 20.2 Å². The van der Waals surface area contributed by atoms with Crippen LogP contribution in [0, 0.1) is 0 Å². The molecular weight excluding hydrogens is 362 g/mol. The molecule has 3 rings (SSSR count). The van der Waals surface area contributed by atoms with Gasteiger partial charge in [-0.1, -0.05) is 12.1 Å². The maximum absolute atomic E-state index is 12.2. The molecule has 2 aliphatic rings. The Morgan fingerprint density at radius 1 is 0.964 bits per heavy atom. The van der Waals surface area contributed by atoms with E-state index in [-0.39, 0.29) is 18.1 Å². The van der Waals surface area contributed by atoms with Gasteiger partial charge in [0, 0.05) is 27.2 Å². The normalized spacial score (nSPS) is 17.9. The minimum Gasteiger partial charge on any atom is -0.484 e. The summed E-state index contributed by atoms with van der Waals surface area (Å²) in [4.78, 5) is 51.9. The highest BCUT2D eigenvalue weighted by Crippen LogP contribution is 2.20. The molecule has 0 radical (unpaired) electrons. The van der Waals surface area contributed by atoms with Crippen molar-refractivity contribution < 1.29 is 23.9 Å². The second-order valence-electron chi connectivity index (χ2n) is 6.87. The fourth-order valence-corrected chi connectivity index (χ4v) is 3.18. The molecule has 0 bridgehead atoms. The second-order valence-corrected chi connectivity index (χ2v) is 6.87. The predicted molar refractivity (Wildman–Crippen MR) is 101 cm³/mol. The van der Waals surface area contributed by atoms with Crippen LogP contribution in [0.4, 0.5) is 4.79 Å². The smallest absolute Gasteiger partial charge is 0.333 e. The van der Waals surface area contributed by atoms with Gasteiger partial charge >= 0.3 is 6.03 Å². The first-order chi connectivity index (χ1) is 13.4. The summed E-state index contributed by atoms with van der Waals surface area (Å²) in [5.41, 5.74) is 0.529. The highest BCUT2D eigenvalue weighted by atomic mass is 16.5. The van der Waals surface area contributed by atoms with Crippen LogP contribution >= 0.6 is 0 Å². The van der Waals surface area contributed by atoms with Crippen LogP contribution in [0.2, 0.25) is 0 Å². The molecule has 2 heterocycles. The van der Waals surface area contributed by atoms with Crippen LogP contribution in [0.15, 0.2) is 29.8 Å². The molecule has 148 valence electrons. The van der Waals surface area contributed by atoms with E-state index in [1.54, 1.807) is 24.3 Å². The zero-order chi connectivity index (χ0) is 20.3. The number of carbonyl (C=O) groups excluding carboxylic acids is 4. The van der Waals surface area contributed by atoms with Gasteiger partial charge in [-0.15, -0.1) is 0 Å². The first kappa shape index (κ1) is 19.6. The summed E-state index contributed by atoms with van der Waals surface area (Å²) in [5.74, 6) is -0.778. The molecule has 1 aromatic carbocycles. The van der Waals surface area contributed by atoms with Gasteiger partial charge < -0.3 is 9.64 Å². The molecule has 0 N–H and O–H groups in total. The minimum atomic E-state index is -0.658. The summed E-state index contributed by atoms with van der Waals surface area (Å²) in [5, 5.41) is 0. The van der Waals surface area contributed by atoms with E-state index in [1.807, 2.05) is 4.90 Å². The van der Waals surface area contributed by atoms with Crippen LogP contribution in [0.5, 0.6) is 5.75 Å². The number of barbiturate groups is 1. The number of hydrogen-bond donors (Lipinski definition) is 0. The van der Waals surface area contributed by atoms with Crippen LogP contribution in [-0.4, -0.2) is 72.2 Å². The van der Waals surface area contributed by atoms with Gasteiger partial charge in [0.05, 0.1) is 0 Å². The third-order valence-corrected chi connectivity index (χ3v) is 4.91. The largest absolute Gasteiger partial charge is 0.484 e. The van der Waals surface area contributed by atoms with Gasteiger partial charge in [0.1, 0.15) is 11.3 Å². The van der Waals surface area contributed by atoms with Gasteiger partial charge in [-0.05, 0) is 43.0 Å². The van der Waals surface area contributed by atoms with Crippen molar-refractivity contribution in [1.82, 2.24) is 14.7 Å². The summed E-state index contributed by atoms with van der Waals surface area (Å²) in [6, 6.07) is 6.06. The molecule has 2 saturated heterocycles. The molecule has 1 aromatic rings. The Balaban J connectivity index is 1.64. The summed E-state index contributed by atoms with van der Waals surface area (Å²) in [7, 11) is 2.66. The summed E-state index contributed by atoms with van der Waals surface area (Å²) >= 11 is 0. The molecule has 5 amide bonds. The number of imide groups is 2. The Bertz CT molecular complexity index is 799. The number of piperidine rings is 1. The first-order valence-electron chi connectivity index (χ1n) is 9.21. The quantitative estimate of drug-likeness (QED) is 0.579. The minimum absolute atomic E-state index is 0.0187. The van der Waals surface area contributed by atoms with Crippen molar-refractivity contribution in [2.75, 3.05) is 33.8 Å². The fraction of sp³-hybridized carbons (Fsp3) is 0.400. The lowest BCUT2D eigenvalue weighted by atomic mass is 10.1. The monoisotopic (exact) mass is 385 g/mol. The summed E-state index contributed by atoms with van der Waals surface area (Å²) in [6.07, 6.45) is 4.66. The van der Waals surface area contributed by atoms with Gasteiger partial charge in [-0.3, -0.25) is 24.2 Å². The zero-order valence-electron chi connectivity index (χ0n) is 16.0. The molecule has 0 spiro atoms. The van der Waals surface area contributed by atoms with Crippen molar-refractivity contribution in [3.05, 3.63) is 35.4 Å². The number of nitrogens with zero attached hydrogens (tertiary/aromatic N) is 3. The van der Waals surface area contributed by atoms with Crippen molar-refractivity contribution in [3.8, 4) is 5.75 Å². The highest BCUT2D eigenvalue weighted by Gasteiger charge is 2.37. The van der Waals surface area contributed by atoms with Crippen LogP contribution in [-0.2, 0) is 14.4 Å². The van der Waals surface area contributed by atoms with Crippen molar-refractivity contribution in [2.45, 2.75) is 19.3 Å². The lowest BCUT2D eigenvalue weighted by Gasteiger charge is -2.28. The summed E-state index contributed by atoms with van der Waals surface area (Å²) in [6.45, 7) is 1.54. The van der Waals surface area contributed by atoms with Crippen molar-refractivity contribution in [3.63, 3.8) is 0 Å². The Kier molecular flexibility index (Phi) is 5.77. The lowest BCUT2D eigenvalue weighted by molar-refractivity contribution is -0.135. The summed E-state index contributed by atoms with van der Waals surface area (Å²) < 4.78 is 5.55. The number of rotatable bonds is 4. The van der Waals surface area contributed by atoms with Crippen molar-refractivity contribution in [2.24, 2.45) is 0 Å². The zero-order valence-corrected chi connectivity index (χ0v) is 16.0. The first-order valence-corrected chi connectivity index (χ1v) is 9.21. The number of urea groups is 1. The Hall–Kier alpha value is -3.16. The van der Waals surface area contributed by atoms with Gasteiger partial charge in [-0.2, -0.15) is 0 Å². The molecule has 0 unspecified atom stereocenters. The average Bonchev–Trinajstić information content (AvgIpc) is 2.73. The molecule has 0 aliphatic carbocycles. The van der Waals surface area contributed by atoms with Gasteiger partial charge in [0.15, 0.2) is 6.61 Å². The van der Waals surface area contributed by atoms with E-state index in [2.05, 4.69) is 0 Å². The van der Waals surface area contributed by atoms with Gasteiger partial charge in [0.2, 0.25) is 0 Å². The lowest BCUT2D eigenvalue weighted by Crippen LogP contribution is -2.52. The van der Waals surface area contributed by atoms with E-state index in [0.717, 1.165) is 42.2 Å². The topological polar surface area (TPSA) is 87.2 Å². The molecule has 2 aliphatic heterocycles. The van der Waals surface area contributed by atoms with E-state index >= 15 is 0 Å². The number of likely N-dealkylation sites (tertiary alicyclic amines) is 1. The number of carbonyl (C=O) groups is 4. The van der Waals surface area contributed by atoms with Crippen LogP contribution in [0.3, 0.4) is 0 Å². The predicted octanol–water partition coefficient (Wildman–Crippen LogP) is 1.51. The van der Waals surface area contributed by atoms with Crippen molar-refractivity contribution in [1.29, 1.82) is 0 Å². The number of benzene rings is 1. The second kappa shape index (κ2) is 8.24. The molecule has 0 saturated carbocycles. The average molecular weight is 385 g/mol. The SMILES string of the molecule is CN1C(=O)C(=Cc2ccc(OCC(=O)N3CCCCC3)cc2)C(=O)N(C)C1=O. The van der Waals surface area contributed by atoms with Crippen LogP contribution in [0.1, 0.15) is 24.8 Å². The van der Waals surface area contributed by atoms with E-state index in [0.29, 0.717) is 11.3 Å². The van der Waals surface area contributed by atoms with Gasteiger partial charge in [0.25, 0.3) is 17.7 Å². The van der Waals surface area contributed by atoms with E-state index in [4.69, 9.17) is 4.74 Å². The van der Waals surface area contributed by atoms with Crippen LogP contribution in [0.25, 0.3) is 6.08 Å². The molecule has 0 aromatic heterocycles. The van der Waals surface area contributed by atoms with Crippen LogP contribution < -0.4 is 4.74 Å². The standard InChI is InChI=1S/C20H23N3O5/c1-21-18(25)16(19(26)22(2)20(21)27)12-14-6-8-15(9-7-14)28-13-17(24)23-10-4-3-5-11-23/h6-9,12H,3-5,10-11,13H2,1-2H3. The molecule has 2 fully saturated rings. The van der Waals surface area contributed by atoms with Crippen molar-refractivity contribution >= 4 is 29.8 Å². The third-order valence-electron chi connectivity index (χ3n) is 4.91. The Labute approximate surface area is 163 Å². The molecular formula is C20H23N3O5. The molecule has 28 heavy (non-hydrogen) atoms. The molecule has 8 nitrogen and oxygen atoms in total.